The summed E-state index contributed by atoms with van der Waals surface area (Å²) in [6.45, 7) is 3.04. The molecule has 1 rings (SSSR count). The molecule has 104 valence electrons. The van der Waals surface area contributed by atoms with Crippen LogP contribution in [0.3, 0.4) is 0 Å². The molecule has 2 amide bonds. The summed E-state index contributed by atoms with van der Waals surface area (Å²) >= 11 is 0. The lowest BCUT2D eigenvalue weighted by molar-refractivity contribution is -0.136. The van der Waals surface area contributed by atoms with E-state index in [0.717, 1.165) is 0 Å². The lowest BCUT2D eigenvalue weighted by Crippen LogP contribution is -2.43. The third kappa shape index (κ3) is 4.03. The number of amides is 2. The molecule has 0 aliphatic rings. The van der Waals surface area contributed by atoms with Crippen molar-refractivity contribution < 1.29 is 19.1 Å². The Hall–Kier alpha value is -1.95. The van der Waals surface area contributed by atoms with E-state index in [1.807, 2.05) is 0 Å². The van der Waals surface area contributed by atoms with Gasteiger partial charge in [0.1, 0.15) is 5.82 Å². The fourth-order valence-electron chi connectivity index (χ4n) is 1.45. The number of halogens is 1. The number of benzene rings is 1. The summed E-state index contributed by atoms with van der Waals surface area (Å²) in [4.78, 5) is 23.2. The highest BCUT2D eigenvalue weighted by Gasteiger charge is 2.18. The van der Waals surface area contributed by atoms with E-state index in [0.29, 0.717) is 6.42 Å². The van der Waals surface area contributed by atoms with Crippen LogP contribution in [0.25, 0.3) is 0 Å². The summed E-state index contributed by atoms with van der Waals surface area (Å²) in [6.07, 6.45) is 0.508. The third-order valence-electron chi connectivity index (χ3n) is 2.77. The van der Waals surface area contributed by atoms with E-state index in [-0.39, 0.29) is 17.9 Å². The average Bonchev–Trinajstić information content (AvgIpc) is 2.40. The summed E-state index contributed by atoms with van der Waals surface area (Å²) in [5, 5.41) is 13.6. The Balaban J connectivity index is 2.69. The van der Waals surface area contributed by atoms with Gasteiger partial charge in [-0.3, -0.25) is 9.59 Å². The van der Waals surface area contributed by atoms with Crippen LogP contribution in [-0.4, -0.2) is 29.6 Å². The summed E-state index contributed by atoms with van der Waals surface area (Å²) in [5.41, 5.74) is 0.509. The number of rotatable bonds is 4. The number of anilines is 1. The molecule has 0 heterocycles. The minimum atomic E-state index is -0.888. The summed E-state index contributed by atoms with van der Waals surface area (Å²) in [6, 6.07) is 3.75. The molecule has 1 atom stereocenters. The van der Waals surface area contributed by atoms with Crippen LogP contribution in [0.2, 0.25) is 0 Å². The van der Waals surface area contributed by atoms with Crippen molar-refractivity contribution in [2.75, 3.05) is 11.9 Å². The Morgan fingerprint density at radius 2 is 2.05 bits per heavy atom. The predicted octanol–water partition coefficient (Wildman–Crippen LogP) is 0.960. The van der Waals surface area contributed by atoms with Gasteiger partial charge >= 0.3 is 11.8 Å². The number of nitrogens with one attached hydrogen (secondary N) is 2. The van der Waals surface area contributed by atoms with Crippen LogP contribution >= 0.6 is 0 Å². The zero-order valence-corrected chi connectivity index (χ0v) is 10.9. The minimum Gasteiger partial charge on any atom is -0.394 e. The van der Waals surface area contributed by atoms with Crippen molar-refractivity contribution in [3.05, 3.63) is 29.6 Å². The maximum absolute atomic E-state index is 13.3. The average molecular weight is 268 g/mol. The van der Waals surface area contributed by atoms with E-state index in [4.69, 9.17) is 5.11 Å². The molecule has 1 aromatic carbocycles. The van der Waals surface area contributed by atoms with Crippen LogP contribution in [0.4, 0.5) is 10.1 Å². The first kappa shape index (κ1) is 15.1. The van der Waals surface area contributed by atoms with Crippen molar-refractivity contribution in [3.63, 3.8) is 0 Å². The summed E-state index contributed by atoms with van der Waals surface area (Å²) in [5.74, 6) is -2.20. The quantitative estimate of drug-likeness (QED) is 0.712. The normalized spacial score (nSPS) is 11.8. The fraction of sp³-hybridized carbons (Fsp3) is 0.385. The molecule has 0 saturated heterocycles. The number of carbonyl (C=O) groups excluding carboxylic acids is 2. The second-order valence-electron chi connectivity index (χ2n) is 4.13. The molecular weight excluding hydrogens is 251 g/mol. The summed E-state index contributed by atoms with van der Waals surface area (Å²) < 4.78 is 13.3. The van der Waals surface area contributed by atoms with Gasteiger partial charge in [-0.25, -0.2) is 4.39 Å². The van der Waals surface area contributed by atoms with Crippen LogP contribution in [0.1, 0.15) is 18.9 Å². The van der Waals surface area contributed by atoms with Gasteiger partial charge in [-0.05, 0) is 25.5 Å². The summed E-state index contributed by atoms with van der Waals surface area (Å²) in [7, 11) is 0. The maximum atomic E-state index is 13.3. The zero-order chi connectivity index (χ0) is 14.4. The molecule has 1 unspecified atom stereocenters. The molecule has 0 saturated carbocycles. The van der Waals surface area contributed by atoms with E-state index in [9.17, 15) is 14.0 Å². The lowest BCUT2D eigenvalue weighted by atomic mass is 10.2. The fourth-order valence-corrected chi connectivity index (χ4v) is 1.45. The highest BCUT2D eigenvalue weighted by Crippen LogP contribution is 2.17. The first-order chi connectivity index (χ1) is 8.99. The molecule has 6 heteroatoms. The Bertz CT molecular complexity index is 473. The molecule has 0 aliphatic heterocycles. The number of hydrogen-bond acceptors (Lipinski definition) is 3. The van der Waals surface area contributed by atoms with Crippen molar-refractivity contribution in [2.24, 2.45) is 0 Å². The molecule has 0 bridgehead atoms. The molecule has 3 N–H and O–H groups in total. The van der Waals surface area contributed by atoms with Crippen molar-refractivity contribution in [1.82, 2.24) is 5.32 Å². The Kier molecular flexibility index (Phi) is 5.44. The van der Waals surface area contributed by atoms with Gasteiger partial charge in [0.2, 0.25) is 0 Å². The molecule has 1 aromatic rings. The molecular formula is C13H17FN2O3. The number of aliphatic hydroxyl groups is 1. The molecule has 0 aromatic heterocycles. The highest BCUT2D eigenvalue weighted by atomic mass is 19.1. The van der Waals surface area contributed by atoms with E-state index in [1.54, 1.807) is 6.92 Å². The monoisotopic (exact) mass is 268 g/mol. The molecule has 19 heavy (non-hydrogen) atoms. The zero-order valence-electron chi connectivity index (χ0n) is 10.9. The molecule has 0 fully saturated rings. The van der Waals surface area contributed by atoms with E-state index in [1.165, 1.54) is 25.1 Å². The standard InChI is InChI=1S/C13H17FN2O3/c1-3-9(7-17)15-12(18)13(19)16-11-6-4-5-10(14)8(11)2/h4-6,9,17H,3,7H2,1-2H3,(H,15,18)(H,16,19). The smallest absolute Gasteiger partial charge is 0.313 e. The first-order valence-corrected chi connectivity index (χ1v) is 5.97. The van der Waals surface area contributed by atoms with Gasteiger partial charge in [-0.1, -0.05) is 13.0 Å². The van der Waals surface area contributed by atoms with Crippen molar-refractivity contribution in [1.29, 1.82) is 0 Å². The van der Waals surface area contributed by atoms with Gasteiger partial charge in [0.15, 0.2) is 0 Å². The van der Waals surface area contributed by atoms with E-state index in [2.05, 4.69) is 10.6 Å². The molecule has 0 aliphatic carbocycles. The predicted molar refractivity (Wildman–Crippen MR) is 69.1 cm³/mol. The van der Waals surface area contributed by atoms with Crippen molar-refractivity contribution in [2.45, 2.75) is 26.3 Å². The van der Waals surface area contributed by atoms with Crippen LogP contribution < -0.4 is 10.6 Å². The molecule has 5 nitrogen and oxygen atoms in total. The highest BCUT2D eigenvalue weighted by molar-refractivity contribution is 6.39. The van der Waals surface area contributed by atoms with Gasteiger partial charge < -0.3 is 15.7 Å². The second kappa shape index (κ2) is 6.84. The van der Waals surface area contributed by atoms with Crippen LogP contribution in [0.15, 0.2) is 18.2 Å². The minimum absolute atomic E-state index is 0.242. The Morgan fingerprint density at radius 3 is 2.63 bits per heavy atom. The van der Waals surface area contributed by atoms with Crippen LogP contribution in [-0.2, 0) is 9.59 Å². The van der Waals surface area contributed by atoms with Gasteiger partial charge in [0.05, 0.1) is 12.6 Å². The third-order valence-corrected chi connectivity index (χ3v) is 2.77. The largest absolute Gasteiger partial charge is 0.394 e. The molecule has 0 spiro atoms. The van der Waals surface area contributed by atoms with Gasteiger partial charge in [-0.15, -0.1) is 0 Å². The maximum Gasteiger partial charge on any atom is 0.313 e. The lowest BCUT2D eigenvalue weighted by Gasteiger charge is -2.14. The van der Waals surface area contributed by atoms with Crippen molar-refractivity contribution in [3.8, 4) is 0 Å². The van der Waals surface area contributed by atoms with Gasteiger partial charge in [-0.2, -0.15) is 0 Å². The van der Waals surface area contributed by atoms with E-state index >= 15 is 0 Å². The number of carbonyl (C=O) groups is 2. The Morgan fingerprint density at radius 1 is 1.37 bits per heavy atom. The number of aliphatic hydroxyl groups excluding tert-OH is 1. The second-order valence-corrected chi connectivity index (χ2v) is 4.13. The molecule has 0 radical (unpaired) electrons. The Labute approximate surface area is 110 Å². The SMILES string of the molecule is CCC(CO)NC(=O)C(=O)Nc1cccc(F)c1C. The van der Waals surface area contributed by atoms with E-state index < -0.39 is 23.7 Å². The van der Waals surface area contributed by atoms with Crippen LogP contribution in [0, 0.1) is 12.7 Å². The topological polar surface area (TPSA) is 78.4 Å². The van der Waals surface area contributed by atoms with Gasteiger partial charge in [0, 0.05) is 11.3 Å². The first-order valence-electron chi connectivity index (χ1n) is 5.97. The number of hydrogen-bond donors (Lipinski definition) is 3. The van der Waals surface area contributed by atoms with Crippen LogP contribution in [0.5, 0.6) is 0 Å². The van der Waals surface area contributed by atoms with Gasteiger partial charge in [0.25, 0.3) is 0 Å². The van der Waals surface area contributed by atoms with Crippen molar-refractivity contribution >= 4 is 17.5 Å².